The molecule has 1 N–H and O–H groups in total. The lowest BCUT2D eigenvalue weighted by molar-refractivity contribution is -0.132. The molecule has 0 radical (unpaired) electrons. The third-order valence-corrected chi connectivity index (χ3v) is 6.92. The van der Waals surface area contributed by atoms with Crippen molar-refractivity contribution in [3.63, 3.8) is 0 Å². The second kappa shape index (κ2) is 11.7. The smallest absolute Gasteiger partial charge is 0.337 e. The molecule has 1 heterocycles. The van der Waals surface area contributed by atoms with Crippen LogP contribution in [-0.2, 0) is 14.3 Å². The molecule has 40 heavy (non-hydrogen) atoms. The van der Waals surface area contributed by atoms with E-state index in [2.05, 4.69) is 0 Å². The number of nitrogens with zero attached hydrogens (tertiary/aromatic N) is 2. The topological polar surface area (TPSA) is 96.4 Å². The molecule has 1 amide bonds. The van der Waals surface area contributed by atoms with Gasteiger partial charge < -0.3 is 19.5 Å². The molecular formula is C32H34N2O6. The monoisotopic (exact) mass is 542 g/mol. The highest BCUT2D eigenvalue weighted by Crippen LogP contribution is 2.43. The van der Waals surface area contributed by atoms with E-state index in [4.69, 9.17) is 9.47 Å². The fraction of sp³-hybridized carbons (Fsp3) is 0.281. The van der Waals surface area contributed by atoms with Gasteiger partial charge in [0.15, 0.2) is 0 Å². The summed E-state index contributed by atoms with van der Waals surface area (Å²) in [5.41, 5.74) is 3.37. The number of rotatable bonds is 8. The van der Waals surface area contributed by atoms with E-state index < -0.39 is 23.7 Å². The van der Waals surface area contributed by atoms with Crippen molar-refractivity contribution in [2.45, 2.75) is 32.7 Å². The minimum absolute atomic E-state index is 0.0371. The number of amides is 1. The molecule has 0 aromatic heterocycles. The Kier molecular flexibility index (Phi) is 8.28. The number of hydrogen-bond donors (Lipinski definition) is 1. The molecule has 3 aromatic carbocycles. The second-order valence-electron chi connectivity index (χ2n) is 10.0. The lowest BCUT2D eigenvalue weighted by atomic mass is 9.93. The summed E-state index contributed by atoms with van der Waals surface area (Å²) in [4.78, 5) is 42.7. The molecule has 3 aromatic rings. The van der Waals surface area contributed by atoms with Gasteiger partial charge >= 0.3 is 5.97 Å². The molecule has 1 aliphatic heterocycles. The van der Waals surface area contributed by atoms with Crippen molar-refractivity contribution < 1.29 is 29.0 Å². The minimum atomic E-state index is -0.932. The number of carbonyl (C=O) groups is 3. The fourth-order valence-corrected chi connectivity index (χ4v) is 4.86. The number of esters is 1. The van der Waals surface area contributed by atoms with Crippen LogP contribution >= 0.6 is 0 Å². The van der Waals surface area contributed by atoms with Gasteiger partial charge in [-0.2, -0.15) is 0 Å². The summed E-state index contributed by atoms with van der Waals surface area (Å²) in [6, 6.07) is 18.1. The van der Waals surface area contributed by atoms with Crippen LogP contribution in [0.15, 0.2) is 72.3 Å². The Morgan fingerprint density at radius 1 is 1.00 bits per heavy atom. The van der Waals surface area contributed by atoms with Crippen LogP contribution in [0.1, 0.15) is 59.8 Å². The third-order valence-electron chi connectivity index (χ3n) is 6.92. The van der Waals surface area contributed by atoms with Gasteiger partial charge in [0.05, 0.1) is 30.9 Å². The van der Waals surface area contributed by atoms with Crippen LogP contribution in [0.3, 0.4) is 0 Å². The highest BCUT2D eigenvalue weighted by atomic mass is 16.5. The van der Waals surface area contributed by atoms with Gasteiger partial charge in [-0.1, -0.05) is 32.0 Å². The number of methoxy groups -OCH3 is 1. The Morgan fingerprint density at radius 2 is 1.70 bits per heavy atom. The first kappa shape index (κ1) is 28.4. The maximum Gasteiger partial charge on any atom is 0.337 e. The highest BCUT2D eigenvalue weighted by Gasteiger charge is 2.47. The summed E-state index contributed by atoms with van der Waals surface area (Å²) < 4.78 is 10.6. The van der Waals surface area contributed by atoms with Gasteiger partial charge in [-0.25, -0.2) is 4.79 Å². The zero-order valence-electron chi connectivity index (χ0n) is 23.6. The first-order valence-electron chi connectivity index (χ1n) is 13.1. The van der Waals surface area contributed by atoms with Crippen LogP contribution in [0.2, 0.25) is 0 Å². The van der Waals surface area contributed by atoms with Gasteiger partial charge in [0.2, 0.25) is 0 Å². The van der Waals surface area contributed by atoms with Crippen molar-refractivity contribution in [2.24, 2.45) is 0 Å². The number of aliphatic hydroxyl groups excluding tert-OH is 1. The number of benzene rings is 3. The zero-order chi connectivity index (χ0) is 29.1. The summed E-state index contributed by atoms with van der Waals surface area (Å²) in [7, 11) is 5.10. The van der Waals surface area contributed by atoms with Crippen LogP contribution < -0.4 is 14.5 Å². The molecule has 0 aliphatic carbocycles. The fourth-order valence-electron chi connectivity index (χ4n) is 4.86. The summed E-state index contributed by atoms with van der Waals surface area (Å²) in [5, 5.41) is 11.6. The van der Waals surface area contributed by atoms with Crippen molar-refractivity contribution in [1.82, 2.24) is 0 Å². The predicted octanol–water partition coefficient (Wildman–Crippen LogP) is 5.69. The molecule has 0 spiro atoms. The average molecular weight is 543 g/mol. The van der Waals surface area contributed by atoms with E-state index in [1.165, 1.54) is 18.1 Å². The summed E-state index contributed by atoms with van der Waals surface area (Å²) in [6.07, 6.45) is 0. The van der Waals surface area contributed by atoms with Gasteiger partial charge in [0.25, 0.3) is 11.7 Å². The SMILES string of the molecule is CCOc1ccc(/C(O)=C2/C(=O)C(=O)N(c3cccc(C(=O)OC)c3)C2c2ccc(N(C)C)cc2)cc1C(C)C. The van der Waals surface area contributed by atoms with Gasteiger partial charge in [-0.15, -0.1) is 0 Å². The Balaban J connectivity index is 1.94. The lowest BCUT2D eigenvalue weighted by Gasteiger charge is -2.26. The van der Waals surface area contributed by atoms with Crippen molar-refractivity contribution in [3.8, 4) is 5.75 Å². The van der Waals surface area contributed by atoms with Gasteiger partial charge in [-0.3, -0.25) is 14.5 Å². The van der Waals surface area contributed by atoms with E-state index in [-0.39, 0.29) is 22.8 Å². The van der Waals surface area contributed by atoms with Crippen LogP contribution in [0.25, 0.3) is 5.76 Å². The molecule has 8 nitrogen and oxygen atoms in total. The first-order valence-corrected chi connectivity index (χ1v) is 13.1. The molecule has 8 heteroatoms. The van der Waals surface area contributed by atoms with E-state index in [0.717, 1.165) is 11.3 Å². The van der Waals surface area contributed by atoms with E-state index in [0.29, 0.717) is 29.2 Å². The molecule has 0 saturated carbocycles. The van der Waals surface area contributed by atoms with Crippen molar-refractivity contribution >= 4 is 34.8 Å². The normalized spacial score (nSPS) is 16.4. The average Bonchev–Trinajstić information content (AvgIpc) is 3.22. The summed E-state index contributed by atoms with van der Waals surface area (Å²) in [6.45, 7) is 6.42. The molecule has 1 unspecified atom stereocenters. The zero-order valence-corrected chi connectivity index (χ0v) is 23.6. The van der Waals surface area contributed by atoms with Crippen LogP contribution in [0.5, 0.6) is 5.75 Å². The molecule has 1 fully saturated rings. The molecule has 208 valence electrons. The molecule has 1 atom stereocenters. The molecule has 1 saturated heterocycles. The largest absolute Gasteiger partial charge is 0.507 e. The Bertz CT molecular complexity index is 1470. The number of aliphatic hydroxyl groups is 1. The Hall–Kier alpha value is -4.59. The minimum Gasteiger partial charge on any atom is -0.507 e. The van der Waals surface area contributed by atoms with Crippen LogP contribution in [-0.4, -0.2) is 50.6 Å². The number of ketones is 1. The molecule has 0 bridgehead atoms. The number of Topliss-reactive ketones (excluding diaryl/α,β-unsaturated/α-hetero) is 1. The van der Waals surface area contributed by atoms with Crippen LogP contribution in [0.4, 0.5) is 11.4 Å². The van der Waals surface area contributed by atoms with Gasteiger partial charge in [-0.05, 0) is 72.5 Å². The summed E-state index contributed by atoms with van der Waals surface area (Å²) in [5.74, 6) is -1.68. The summed E-state index contributed by atoms with van der Waals surface area (Å²) >= 11 is 0. The van der Waals surface area contributed by atoms with Gasteiger partial charge in [0.1, 0.15) is 11.5 Å². The number of carbonyl (C=O) groups excluding carboxylic acids is 3. The molecule has 1 aliphatic rings. The quantitative estimate of drug-likeness (QED) is 0.169. The second-order valence-corrected chi connectivity index (χ2v) is 10.0. The van der Waals surface area contributed by atoms with Crippen molar-refractivity contribution in [2.75, 3.05) is 37.6 Å². The van der Waals surface area contributed by atoms with E-state index in [1.54, 1.807) is 36.4 Å². The third kappa shape index (κ3) is 5.30. The van der Waals surface area contributed by atoms with E-state index in [9.17, 15) is 19.5 Å². The molecular weight excluding hydrogens is 508 g/mol. The number of hydrogen-bond acceptors (Lipinski definition) is 7. The number of ether oxygens (including phenoxy) is 2. The van der Waals surface area contributed by atoms with E-state index >= 15 is 0 Å². The Labute approximate surface area is 234 Å². The van der Waals surface area contributed by atoms with Gasteiger partial charge in [0, 0.05) is 31.0 Å². The van der Waals surface area contributed by atoms with Crippen LogP contribution in [0, 0.1) is 0 Å². The highest BCUT2D eigenvalue weighted by molar-refractivity contribution is 6.51. The van der Waals surface area contributed by atoms with E-state index in [1.807, 2.05) is 64.0 Å². The maximum atomic E-state index is 13.6. The van der Waals surface area contributed by atoms with Crippen molar-refractivity contribution in [3.05, 3.63) is 94.6 Å². The number of anilines is 2. The lowest BCUT2D eigenvalue weighted by Crippen LogP contribution is -2.29. The standard InChI is InChI=1S/C32H34N2O6/c1-7-40-26-16-13-21(18-25(26)19(2)3)29(35)27-28(20-11-14-23(15-12-20)33(4)5)34(31(37)30(27)36)24-10-8-9-22(17-24)32(38)39-6/h8-19,28,35H,7H2,1-6H3/b29-27-. The first-order chi connectivity index (χ1) is 19.1. The maximum absolute atomic E-state index is 13.6. The predicted molar refractivity (Wildman–Crippen MR) is 155 cm³/mol. The van der Waals surface area contributed by atoms with Crippen molar-refractivity contribution in [1.29, 1.82) is 0 Å². The molecule has 4 rings (SSSR count). The Morgan fingerprint density at radius 3 is 2.30 bits per heavy atom.